The van der Waals surface area contributed by atoms with Crippen LogP contribution in [-0.2, 0) is 6.61 Å². The molecule has 0 unspecified atom stereocenters. The Morgan fingerprint density at radius 1 is 1.09 bits per heavy atom. The van der Waals surface area contributed by atoms with Gasteiger partial charge in [0, 0.05) is 0 Å². The Balaban J connectivity index is 0.000000220. The van der Waals surface area contributed by atoms with Gasteiger partial charge < -0.3 is 5.11 Å². The zero-order chi connectivity index (χ0) is 16.5. The van der Waals surface area contributed by atoms with Gasteiger partial charge in [-0.2, -0.15) is 10.5 Å². The number of nitriles is 2. The van der Waals surface area contributed by atoms with Gasteiger partial charge in [0.15, 0.2) is 28.0 Å². The van der Waals surface area contributed by atoms with Gasteiger partial charge in [0.2, 0.25) is 0 Å². The van der Waals surface area contributed by atoms with E-state index < -0.39 is 0 Å². The third-order valence-electron chi connectivity index (χ3n) is 2.02. The summed E-state index contributed by atoms with van der Waals surface area (Å²) < 4.78 is 0. The molecule has 2 aromatic rings. The standard InChI is InChI=1S/C6H4ClN3O.C6H2ClN3O/c2*7-6-5(1-8)10-4(3-11)2-9-6/h2,11H,3H2;2-3H. The Kier molecular flexibility index (Phi) is 6.80. The highest BCUT2D eigenvalue weighted by molar-refractivity contribution is 6.30. The van der Waals surface area contributed by atoms with E-state index in [4.69, 9.17) is 38.8 Å². The maximum Gasteiger partial charge on any atom is 0.178 e. The van der Waals surface area contributed by atoms with E-state index in [0.29, 0.717) is 12.0 Å². The first-order valence-corrected chi connectivity index (χ1v) is 6.21. The molecule has 0 bridgehead atoms. The molecule has 22 heavy (non-hydrogen) atoms. The summed E-state index contributed by atoms with van der Waals surface area (Å²) in [5.74, 6) is 0. The first-order valence-electron chi connectivity index (χ1n) is 5.45. The SMILES string of the molecule is N#Cc1nc(C=O)cnc1Cl.N#Cc1nc(CO)cnc1Cl. The number of carbonyl (C=O) groups excluding carboxylic acids is 1. The molecule has 0 amide bonds. The third-order valence-corrected chi connectivity index (χ3v) is 2.57. The molecule has 0 aromatic carbocycles. The maximum atomic E-state index is 10.1. The molecule has 0 aliphatic rings. The van der Waals surface area contributed by atoms with Crippen molar-refractivity contribution in [3.8, 4) is 12.1 Å². The van der Waals surface area contributed by atoms with E-state index in [-0.39, 0.29) is 34.0 Å². The minimum atomic E-state index is -0.237. The highest BCUT2D eigenvalue weighted by atomic mass is 35.5. The number of aliphatic hydroxyl groups is 1. The van der Waals surface area contributed by atoms with E-state index in [1.54, 1.807) is 12.1 Å². The van der Waals surface area contributed by atoms with E-state index in [9.17, 15) is 4.79 Å². The first kappa shape index (κ1) is 17.4. The lowest BCUT2D eigenvalue weighted by atomic mass is 10.4. The predicted octanol–water partition coefficient (Wildman–Crippen LogP) is 1.31. The minimum absolute atomic E-state index is 0.0121. The lowest BCUT2D eigenvalue weighted by molar-refractivity contribution is 0.111. The summed E-state index contributed by atoms with van der Waals surface area (Å²) in [5.41, 5.74) is 0.450. The summed E-state index contributed by atoms with van der Waals surface area (Å²) in [5, 5.41) is 25.5. The van der Waals surface area contributed by atoms with E-state index in [1.165, 1.54) is 12.4 Å². The van der Waals surface area contributed by atoms with E-state index in [1.807, 2.05) is 0 Å². The second kappa shape index (κ2) is 8.60. The largest absolute Gasteiger partial charge is 0.390 e. The van der Waals surface area contributed by atoms with E-state index >= 15 is 0 Å². The summed E-state index contributed by atoms with van der Waals surface area (Å²) in [6.07, 6.45) is 3.03. The highest BCUT2D eigenvalue weighted by Crippen LogP contribution is 2.08. The number of nitrogens with zero attached hydrogens (tertiary/aromatic N) is 6. The van der Waals surface area contributed by atoms with Crippen LogP contribution < -0.4 is 0 Å². The number of aliphatic hydroxyl groups excluding tert-OH is 1. The van der Waals surface area contributed by atoms with Crippen molar-refractivity contribution in [3.05, 3.63) is 45.5 Å². The number of carbonyl (C=O) groups is 1. The van der Waals surface area contributed by atoms with Crippen LogP contribution in [0.25, 0.3) is 0 Å². The topological polar surface area (TPSA) is 136 Å². The third kappa shape index (κ3) is 4.72. The number of rotatable bonds is 2. The summed E-state index contributed by atoms with van der Waals surface area (Å²) in [6, 6.07) is 3.46. The average Bonchev–Trinajstić information content (AvgIpc) is 2.56. The van der Waals surface area contributed by atoms with Gasteiger partial charge in [-0.3, -0.25) is 4.79 Å². The van der Waals surface area contributed by atoms with Crippen LogP contribution in [0.1, 0.15) is 27.6 Å². The normalized spacial score (nSPS) is 8.95. The van der Waals surface area contributed by atoms with Gasteiger partial charge in [-0.05, 0) is 0 Å². The van der Waals surface area contributed by atoms with Crippen molar-refractivity contribution in [3.63, 3.8) is 0 Å². The zero-order valence-corrected chi connectivity index (χ0v) is 12.2. The molecule has 110 valence electrons. The smallest absolute Gasteiger partial charge is 0.178 e. The van der Waals surface area contributed by atoms with Crippen LogP contribution in [0.4, 0.5) is 0 Å². The van der Waals surface area contributed by atoms with E-state index in [2.05, 4.69) is 19.9 Å². The molecule has 0 fully saturated rings. The van der Waals surface area contributed by atoms with Crippen LogP contribution in [0.2, 0.25) is 10.3 Å². The molecule has 0 saturated carbocycles. The van der Waals surface area contributed by atoms with Crippen molar-refractivity contribution in [2.45, 2.75) is 6.61 Å². The molecule has 0 spiro atoms. The lowest BCUT2D eigenvalue weighted by Gasteiger charge is -1.95. The molecule has 0 atom stereocenters. The van der Waals surface area contributed by atoms with Crippen LogP contribution in [0, 0.1) is 22.7 Å². The lowest BCUT2D eigenvalue weighted by Crippen LogP contribution is -1.95. The van der Waals surface area contributed by atoms with Crippen LogP contribution in [-0.4, -0.2) is 31.3 Å². The predicted molar refractivity (Wildman–Crippen MR) is 74.8 cm³/mol. The Bertz CT molecular complexity index is 769. The Hall–Kier alpha value is -2.65. The second-order valence-corrected chi connectivity index (χ2v) is 4.15. The maximum absolute atomic E-state index is 10.1. The highest BCUT2D eigenvalue weighted by Gasteiger charge is 2.03. The average molecular weight is 337 g/mol. The molecular formula is C12H6Cl2N6O2. The van der Waals surface area contributed by atoms with Gasteiger partial charge in [-0.25, -0.2) is 19.9 Å². The van der Waals surface area contributed by atoms with Gasteiger partial charge >= 0.3 is 0 Å². The molecule has 0 aliphatic carbocycles. The van der Waals surface area contributed by atoms with Crippen molar-refractivity contribution < 1.29 is 9.90 Å². The fourth-order valence-electron chi connectivity index (χ4n) is 1.07. The molecule has 2 aromatic heterocycles. The Morgan fingerprint density at radius 3 is 2.14 bits per heavy atom. The monoisotopic (exact) mass is 336 g/mol. The zero-order valence-electron chi connectivity index (χ0n) is 10.7. The van der Waals surface area contributed by atoms with Crippen molar-refractivity contribution in [1.82, 2.24) is 19.9 Å². The molecule has 0 saturated heterocycles. The van der Waals surface area contributed by atoms with Gasteiger partial charge in [0.1, 0.15) is 17.8 Å². The quantitative estimate of drug-likeness (QED) is 0.810. The summed E-state index contributed by atoms with van der Waals surface area (Å²) in [7, 11) is 0. The minimum Gasteiger partial charge on any atom is -0.390 e. The molecule has 10 heteroatoms. The first-order chi connectivity index (χ1) is 10.5. The fraction of sp³-hybridized carbons (Fsp3) is 0.0833. The van der Waals surface area contributed by atoms with E-state index in [0.717, 1.165) is 0 Å². The van der Waals surface area contributed by atoms with Crippen molar-refractivity contribution in [2.75, 3.05) is 0 Å². The van der Waals surface area contributed by atoms with Crippen LogP contribution in [0.15, 0.2) is 12.4 Å². The number of aromatic nitrogens is 4. The molecule has 2 heterocycles. The van der Waals surface area contributed by atoms with Gasteiger partial charge in [0.05, 0.1) is 24.7 Å². The van der Waals surface area contributed by atoms with Crippen molar-refractivity contribution in [1.29, 1.82) is 10.5 Å². The summed E-state index contributed by atoms with van der Waals surface area (Å²) >= 11 is 10.9. The summed E-state index contributed by atoms with van der Waals surface area (Å²) in [4.78, 5) is 24.6. The molecule has 1 N–H and O–H groups in total. The van der Waals surface area contributed by atoms with Crippen LogP contribution in [0.5, 0.6) is 0 Å². The summed E-state index contributed by atoms with van der Waals surface area (Å²) in [6.45, 7) is -0.237. The van der Waals surface area contributed by atoms with Gasteiger partial charge in [-0.15, -0.1) is 0 Å². The van der Waals surface area contributed by atoms with Crippen LogP contribution in [0.3, 0.4) is 0 Å². The Labute approximate surface area is 134 Å². The fourth-order valence-corrected chi connectivity index (χ4v) is 1.34. The Morgan fingerprint density at radius 2 is 1.64 bits per heavy atom. The van der Waals surface area contributed by atoms with Crippen LogP contribution >= 0.6 is 23.2 Å². The molecular weight excluding hydrogens is 331 g/mol. The molecule has 2 rings (SSSR count). The van der Waals surface area contributed by atoms with Crippen molar-refractivity contribution >= 4 is 29.5 Å². The number of halogens is 2. The van der Waals surface area contributed by atoms with Gasteiger partial charge in [-0.1, -0.05) is 23.2 Å². The molecule has 8 nitrogen and oxygen atoms in total. The molecule has 0 aliphatic heterocycles. The van der Waals surface area contributed by atoms with Crippen molar-refractivity contribution in [2.24, 2.45) is 0 Å². The molecule has 0 radical (unpaired) electrons. The number of hydrogen-bond donors (Lipinski definition) is 1. The second-order valence-electron chi connectivity index (χ2n) is 3.43. The number of hydrogen-bond acceptors (Lipinski definition) is 8. The van der Waals surface area contributed by atoms with Gasteiger partial charge in [0.25, 0.3) is 0 Å². The number of aldehydes is 1.